The first-order valence-corrected chi connectivity index (χ1v) is 4.74. The molecule has 0 unspecified atom stereocenters. The second-order valence-electron chi connectivity index (χ2n) is 3.16. The van der Waals surface area contributed by atoms with Crippen molar-refractivity contribution in [1.29, 1.82) is 0 Å². The van der Waals surface area contributed by atoms with Gasteiger partial charge < -0.3 is 10.5 Å². The smallest absolute Gasteiger partial charge is 0.422 e. The van der Waals surface area contributed by atoms with E-state index in [-0.39, 0.29) is 22.4 Å². The van der Waals surface area contributed by atoms with Crippen molar-refractivity contribution in [3.63, 3.8) is 0 Å². The number of rotatable bonds is 2. The summed E-state index contributed by atoms with van der Waals surface area (Å²) in [5, 5.41) is 3.88. The summed E-state index contributed by atoms with van der Waals surface area (Å²) in [7, 11) is 0. The van der Waals surface area contributed by atoms with Crippen LogP contribution in [-0.2, 0) is 0 Å². The molecule has 0 radical (unpaired) electrons. The SMILES string of the molecule is Nc1nc2c(OCC(F)(F)F)cc(Cl)cn2n1. The Kier molecular flexibility index (Phi) is 2.74. The van der Waals surface area contributed by atoms with E-state index in [1.54, 1.807) is 0 Å². The number of anilines is 1. The molecule has 0 bridgehead atoms. The van der Waals surface area contributed by atoms with Gasteiger partial charge in [0, 0.05) is 12.3 Å². The van der Waals surface area contributed by atoms with E-state index in [0.29, 0.717) is 0 Å². The molecule has 0 saturated carbocycles. The largest absolute Gasteiger partial charge is 0.480 e. The monoisotopic (exact) mass is 266 g/mol. The maximum atomic E-state index is 12.0. The molecule has 2 heterocycles. The quantitative estimate of drug-likeness (QED) is 0.902. The molecule has 0 saturated heterocycles. The van der Waals surface area contributed by atoms with Crippen LogP contribution in [0.5, 0.6) is 5.75 Å². The first-order chi connectivity index (χ1) is 7.85. The second-order valence-corrected chi connectivity index (χ2v) is 3.60. The minimum absolute atomic E-state index is 0.0795. The molecular formula is C8H6ClF3N4O. The molecular weight excluding hydrogens is 261 g/mol. The highest BCUT2D eigenvalue weighted by Crippen LogP contribution is 2.25. The highest BCUT2D eigenvalue weighted by Gasteiger charge is 2.29. The fourth-order valence-corrected chi connectivity index (χ4v) is 1.40. The Labute approximate surface area is 97.9 Å². The summed E-state index contributed by atoms with van der Waals surface area (Å²) in [4.78, 5) is 3.73. The lowest BCUT2D eigenvalue weighted by Gasteiger charge is -2.09. The number of aromatic nitrogens is 3. The molecule has 17 heavy (non-hydrogen) atoms. The van der Waals surface area contributed by atoms with Crippen LogP contribution in [0.2, 0.25) is 5.02 Å². The van der Waals surface area contributed by atoms with E-state index in [1.165, 1.54) is 12.3 Å². The zero-order chi connectivity index (χ0) is 12.6. The van der Waals surface area contributed by atoms with Crippen molar-refractivity contribution in [3.8, 4) is 5.75 Å². The predicted octanol–water partition coefficient (Wildman–Crippen LogP) is 1.91. The lowest BCUT2D eigenvalue weighted by atomic mass is 10.4. The van der Waals surface area contributed by atoms with Crippen LogP contribution in [0.3, 0.4) is 0 Å². The van der Waals surface area contributed by atoms with Crippen molar-refractivity contribution < 1.29 is 17.9 Å². The zero-order valence-corrected chi connectivity index (χ0v) is 8.96. The molecule has 0 aromatic carbocycles. The molecule has 5 nitrogen and oxygen atoms in total. The van der Waals surface area contributed by atoms with Gasteiger partial charge in [0.05, 0.1) is 5.02 Å². The van der Waals surface area contributed by atoms with Gasteiger partial charge in [0.15, 0.2) is 18.0 Å². The van der Waals surface area contributed by atoms with Gasteiger partial charge in [-0.1, -0.05) is 11.6 Å². The second kappa shape index (κ2) is 3.95. The van der Waals surface area contributed by atoms with Crippen LogP contribution in [0.25, 0.3) is 5.65 Å². The van der Waals surface area contributed by atoms with Gasteiger partial charge in [0.25, 0.3) is 0 Å². The fourth-order valence-electron chi connectivity index (χ4n) is 1.21. The average molecular weight is 267 g/mol. The van der Waals surface area contributed by atoms with Gasteiger partial charge in [-0.3, -0.25) is 0 Å². The molecule has 2 N–H and O–H groups in total. The Morgan fingerprint density at radius 3 is 2.82 bits per heavy atom. The van der Waals surface area contributed by atoms with E-state index < -0.39 is 12.8 Å². The van der Waals surface area contributed by atoms with Crippen LogP contribution in [0.15, 0.2) is 12.3 Å². The van der Waals surface area contributed by atoms with Crippen LogP contribution in [-0.4, -0.2) is 27.4 Å². The normalized spacial score (nSPS) is 12.0. The minimum atomic E-state index is -4.44. The number of nitrogens with zero attached hydrogens (tertiary/aromatic N) is 3. The Hall–Kier alpha value is -1.70. The summed E-state index contributed by atoms with van der Waals surface area (Å²) in [6, 6.07) is 1.22. The van der Waals surface area contributed by atoms with Crippen molar-refractivity contribution in [2.75, 3.05) is 12.3 Å². The van der Waals surface area contributed by atoms with Gasteiger partial charge in [-0.2, -0.15) is 18.2 Å². The summed E-state index contributed by atoms with van der Waals surface area (Å²) >= 11 is 5.69. The van der Waals surface area contributed by atoms with Crippen LogP contribution < -0.4 is 10.5 Å². The van der Waals surface area contributed by atoms with Crippen molar-refractivity contribution in [3.05, 3.63) is 17.3 Å². The van der Waals surface area contributed by atoms with E-state index in [4.69, 9.17) is 17.3 Å². The van der Waals surface area contributed by atoms with Crippen LogP contribution in [0.1, 0.15) is 0 Å². The molecule has 2 aromatic heterocycles. The number of ether oxygens (including phenoxy) is 1. The summed E-state index contributed by atoms with van der Waals surface area (Å²) in [6.07, 6.45) is -3.08. The minimum Gasteiger partial charge on any atom is -0.480 e. The predicted molar refractivity (Wildman–Crippen MR) is 54.0 cm³/mol. The molecule has 92 valence electrons. The van der Waals surface area contributed by atoms with Crippen LogP contribution >= 0.6 is 11.6 Å². The molecule has 9 heteroatoms. The van der Waals surface area contributed by atoms with Gasteiger partial charge in [-0.15, -0.1) is 5.10 Å². The van der Waals surface area contributed by atoms with Crippen LogP contribution in [0, 0.1) is 0 Å². The Balaban J connectivity index is 2.38. The van der Waals surface area contributed by atoms with Gasteiger partial charge in [0.1, 0.15) is 0 Å². The summed E-state index contributed by atoms with van der Waals surface area (Å²) in [6.45, 7) is -1.43. The topological polar surface area (TPSA) is 65.4 Å². The van der Waals surface area contributed by atoms with Gasteiger partial charge in [-0.25, -0.2) is 4.52 Å². The number of fused-ring (bicyclic) bond motifs is 1. The van der Waals surface area contributed by atoms with E-state index in [2.05, 4.69) is 14.8 Å². The molecule has 0 atom stereocenters. The lowest BCUT2D eigenvalue weighted by molar-refractivity contribution is -0.153. The van der Waals surface area contributed by atoms with E-state index in [9.17, 15) is 13.2 Å². The third-order valence-electron chi connectivity index (χ3n) is 1.77. The van der Waals surface area contributed by atoms with Gasteiger partial charge in [-0.05, 0) is 0 Å². The summed E-state index contributed by atoms with van der Waals surface area (Å²) < 4.78 is 41.8. The first-order valence-electron chi connectivity index (χ1n) is 4.36. The van der Waals surface area contributed by atoms with Crippen molar-refractivity contribution >= 4 is 23.2 Å². The molecule has 2 aromatic rings. The third-order valence-corrected chi connectivity index (χ3v) is 1.98. The lowest BCUT2D eigenvalue weighted by Crippen LogP contribution is -2.19. The molecule has 0 fully saturated rings. The molecule has 2 rings (SSSR count). The van der Waals surface area contributed by atoms with Crippen molar-refractivity contribution in [2.24, 2.45) is 0 Å². The van der Waals surface area contributed by atoms with Gasteiger partial charge >= 0.3 is 6.18 Å². The third kappa shape index (κ3) is 2.70. The number of nitrogens with two attached hydrogens (primary N) is 1. The molecule has 0 aliphatic rings. The molecule has 0 aliphatic heterocycles. The maximum absolute atomic E-state index is 12.0. The Morgan fingerprint density at radius 2 is 2.18 bits per heavy atom. The summed E-state index contributed by atoms with van der Waals surface area (Å²) in [5.74, 6) is -0.205. The molecule has 0 aliphatic carbocycles. The van der Waals surface area contributed by atoms with Gasteiger partial charge in [0.2, 0.25) is 5.95 Å². The van der Waals surface area contributed by atoms with E-state index in [0.717, 1.165) is 4.52 Å². The maximum Gasteiger partial charge on any atom is 0.422 e. The highest BCUT2D eigenvalue weighted by molar-refractivity contribution is 6.30. The van der Waals surface area contributed by atoms with Crippen molar-refractivity contribution in [1.82, 2.24) is 14.6 Å². The number of halogens is 4. The molecule has 0 amide bonds. The number of alkyl halides is 3. The number of hydrogen-bond acceptors (Lipinski definition) is 4. The average Bonchev–Trinajstić information content (AvgIpc) is 2.53. The standard InChI is InChI=1S/C8H6ClF3N4O/c9-4-1-5(17-3-8(10,11)12)6-14-7(13)15-16(6)2-4/h1-2H,3H2,(H2,13,15). The number of hydrogen-bond donors (Lipinski definition) is 1. The first kappa shape index (κ1) is 11.8. The Morgan fingerprint density at radius 1 is 1.47 bits per heavy atom. The van der Waals surface area contributed by atoms with E-state index >= 15 is 0 Å². The summed E-state index contributed by atoms with van der Waals surface area (Å²) in [5.41, 5.74) is 5.41. The fraction of sp³-hybridized carbons (Fsp3) is 0.250. The highest BCUT2D eigenvalue weighted by atomic mass is 35.5. The van der Waals surface area contributed by atoms with Crippen molar-refractivity contribution in [2.45, 2.75) is 6.18 Å². The Bertz CT molecular complexity index is 553. The zero-order valence-electron chi connectivity index (χ0n) is 8.20. The number of nitrogen functional groups attached to an aromatic ring is 1. The van der Waals surface area contributed by atoms with E-state index in [1.807, 2.05) is 0 Å². The van der Waals surface area contributed by atoms with Crippen LogP contribution in [0.4, 0.5) is 19.1 Å². The molecule has 0 spiro atoms. The number of pyridine rings is 1.